The van der Waals surface area contributed by atoms with Crippen LogP contribution in [0.15, 0.2) is 54.9 Å². The number of carbonyl (C=O) groups is 2. The van der Waals surface area contributed by atoms with Gasteiger partial charge < -0.3 is 24.2 Å². The SMILES string of the molecule is CN(CC(=O)O[C@@H](Cc1c(Cl)c[n+]([O-])cc1Cl)c1ccc(OC(F)F)c(OCC2CC2)c1)Cc1ccc(N(CC(=O)OC(C)(C)C)S(=O)O)cc1. The molecule has 1 N–H and O–H groups in total. The van der Waals surface area contributed by atoms with Crippen LogP contribution in [0.25, 0.3) is 0 Å². The van der Waals surface area contributed by atoms with Crippen LogP contribution in [0.1, 0.15) is 56.4 Å². The molecule has 278 valence electrons. The fourth-order valence-electron chi connectivity index (χ4n) is 4.94. The molecule has 1 saturated carbocycles. The Morgan fingerprint density at radius 3 is 2.25 bits per heavy atom. The van der Waals surface area contributed by atoms with Gasteiger partial charge in [-0.15, -0.1) is 0 Å². The second-order valence-corrected chi connectivity index (χ2v) is 14.7. The number of aromatic nitrogens is 1. The molecule has 1 fully saturated rings. The van der Waals surface area contributed by atoms with Gasteiger partial charge in [0, 0.05) is 18.5 Å². The minimum atomic E-state index is -3.09. The van der Waals surface area contributed by atoms with Crippen LogP contribution >= 0.6 is 23.2 Å². The molecule has 12 nitrogen and oxygen atoms in total. The number of benzene rings is 2. The third kappa shape index (κ3) is 12.8. The highest BCUT2D eigenvalue weighted by molar-refractivity contribution is 7.80. The summed E-state index contributed by atoms with van der Waals surface area (Å²) in [7, 11) is 1.68. The van der Waals surface area contributed by atoms with Crippen molar-refractivity contribution in [2.75, 3.05) is 31.0 Å². The van der Waals surface area contributed by atoms with Crippen molar-refractivity contribution in [3.8, 4) is 11.5 Å². The maximum Gasteiger partial charge on any atom is 0.387 e. The molecule has 1 unspecified atom stereocenters. The second kappa shape index (κ2) is 17.6. The topological polar surface area (TPSA) is 142 Å². The Hall–Kier alpha value is -3.76. The molecule has 0 radical (unpaired) electrons. The molecule has 1 aliphatic rings. The number of halogens is 4. The summed E-state index contributed by atoms with van der Waals surface area (Å²) in [4.78, 5) is 27.3. The van der Waals surface area contributed by atoms with E-state index in [0.29, 0.717) is 34.1 Å². The molecule has 51 heavy (non-hydrogen) atoms. The number of esters is 2. The summed E-state index contributed by atoms with van der Waals surface area (Å²) in [6.07, 6.45) is 3.06. The van der Waals surface area contributed by atoms with E-state index in [1.54, 1.807) is 57.0 Å². The lowest BCUT2D eigenvalue weighted by Crippen LogP contribution is -2.36. The molecule has 2 atom stereocenters. The normalized spacial score (nSPS) is 14.3. The van der Waals surface area contributed by atoms with Crippen molar-refractivity contribution in [2.45, 2.75) is 64.9 Å². The van der Waals surface area contributed by atoms with Crippen molar-refractivity contribution < 1.29 is 50.8 Å². The highest BCUT2D eigenvalue weighted by atomic mass is 35.5. The number of ether oxygens (including phenoxy) is 4. The zero-order chi connectivity index (χ0) is 37.5. The summed E-state index contributed by atoms with van der Waals surface area (Å²) in [5, 5.41) is 11.9. The summed E-state index contributed by atoms with van der Waals surface area (Å²) in [6, 6.07) is 10.7. The lowest BCUT2D eigenvalue weighted by Gasteiger charge is -2.24. The number of hydrogen-bond acceptors (Lipinski definition) is 9. The lowest BCUT2D eigenvalue weighted by molar-refractivity contribution is -0.605. The van der Waals surface area contributed by atoms with Gasteiger partial charge in [-0.05, 0) is 82.0 Å². The van der Waals surface area contributed by atoms with Gasteiger partial charge in [0.05, 0.1) is 18.8 Å². The molecule has 1 heterocycles. The number of anilines is 1. The average molecular weight is 775 g/mol. The summed E-state index contributed by atoms with van der Waals surface area (Å²) >= 11 is 10.2. The van der Waals surface area contributed by atoms with Gasteiger partial charge in [0.25, 0.3) is 11.3 Å². The maximum atomic E-state index is 13.3. The molecule has 1 aliphatic carbocycles. The molecular weight excluding hydrogens is 735 g/mol. The zero-order valence-corrected chi connectivity index (χ0v) is 30.7. The van der Waals surface area contributed by atoms with Crippen LogP contribution in [0.5, 0.6) is 11.5 Å². The van der Waals surface area contributed by atoms with E-state index in [1.807, 2.05) is 0 Å². The van der Waals surface area contributed by atoms with E-state index in [1.165, 1.54) is 18.2 Å². The van der Waals surface area contributed by atoms with Gasteiger partial charge in [-0.3, -0.25) is 23.3 Å². The van der Waals surface area contributed by atoms with E-state index in [4.69, 9.17) is 37.4 Å². The molecule has 2 aromatic carbocycles. The van der Waals surface area contributed by atoms with Gasteiger partial charge in [0.1, 0.15) is 28.3 Å². The summed E-state index contributed by atoms with van der Waals surface area (Å²) in [5.41, 5.74) is 1.00. The van der Waals surface area contributed by atoms with Crippen LogP contribution in [-0.2, 0) is 43.3 Å². The number of carbonyl (C=O) groups excluding carboxylic acids is 2. The van der Waals surface area contributed by atoms with Crippen molar-refractivity contribution in [3.63, 3.8) is 0 Å². The van der Waals surface area contributed by atoms with E-state index in [0.717, 1.165) is 35.1 Å². The largest absolute Gasteiger partial charge is 0.619 e. The fraction of sp³-hybridized carbons (Fsp3) is 0.441. The Morgan fingerprint density at radius 2 is 1.69 bits per heavy atom. The third-order valence-electron chi connectivity index (χ3n) is 7.41. The number of pyridine rings is 1. The third-order valence-corrected chi connectivity index (χ3v) is 8.77. The van der Waals surface area contributed by atoms with Crippen LogP contribution < -0.4 is 18.5 Å². The lowest BCUT2D eigenvalue weighted by atomic mass is 10.0. The molecule has 3 aromatic rings. The highest BCUT2D eigenvalue weighted by Crippen LogP contribution is 2.38. The smallest absolute Gasteiger partial charge is 0.387 e. The summed E-state index contributed by atoms with van der Waals surface area (Å²) in [6.45, 7) is 1.94. The van der Waals surface area contributed by atoms with Crippen LogP contribution in [0, 0.1) is 11.1 Å². The first kappa shape index (κ1) is 40.0. The van der Waals surface area contributed by atoms with Crippen molar-refractivity contribution in [3.05, 3.63) is 86.8 Å². The Morgan fingerprint density at radius 1 is 1.04 bits per heavy atom. The average Bonchev–Trinajstić information content (AvgIpc) is 3.84. The van der Waals surface area contributed by atoms with E-state index >= 15 is 0 Å². The van der Waals surface area contributed by atoms with Crippen molar-refractivity contribution in [2.24, 2.45) is 5.92 Å². The standard InChI is InChI=1S/C34H39Cl2F2N3O9S/c1-34(2,3)50-32(43)19-41(51(45)46)24-10-7-21(8-11-24)15-39(4)18-31(42)48-29(14-25-26(35)16-40(44)17-27(25)36)23-9-12-28(49-33(37)38)30(13-23)47-20-22-5-6-22/h7-13,16-17,22,29,33H,5-6,14-15,18-20H2,1-4H3,(H,45,46)/t29-/m0/s1. The minimum Gasteiger partial charge on any atom is -0.619 e. The van der Waals surface area contributed by atoms with Gasteiger partial charge in [-0.25, -0.2) is 4.21 Å². The molecule has 4 rings (SSSR count). The second-order valence-electron chi connectivity index (χ2n) is 13.0. The summed E-state index contributed by atoms with van der Waals surface area (Å²) < 4.78 is 71.2. The fourth-order valence-corrected chi connectivity index (χ4v) is 6.06. The van der Waals surface area contributed by atoms with Gasteiger partial charge >= 0.3 is 18.6 Å². The van der Waals surface area contributed by atoms with E-state index in [9.17, 15) is 32.3 Å². The quantitative estimate of drug-likeness (QED) is 0.0723. The molecule has 1 aromatic heterocycles. The van der Waals surface area contributed by atoms with Gasteiger partial charge in [0.15, 0.2) is 23.9 Å². The predicted octanol–water partition coefficient (Wildman–Crippen LogP) is 6.26. The molecular formula is C34H39Cl2F2N3O9S. The number of alkyl halides is 2. The maximum absolute atomic E-state index is 13.3. The molecule has 0 bridgehead atoms. The zero-order valence-electron chi connectivity index (χ0n) is 28.4. The van der Waals surface area contributed by atoms with Crippen molar-refractivity contribution >= 4 is 52.1 Å². The van der Waals surface area contributed by atoms with Gasteiger partial charge in [-0.1, -0.05) is 41.4 Å². The van der Waals surface area contributed by atoms with E-state index in [2.05, 4.69) is 4.74 Å². The Kier molecular flexibility index (Phi) is 13.8. The Balaban J connectivity index is 1.48. The van der Waals surface area contributed by atoms with Crippen molar-refractivity contribution in [1.29, 1.82) is 0 Å². The number of nitrogens with zero attached hydrogens (tertiary/aromatic N) is 3. The van der Waals surface area contributed by atoms with E-state index < -0.39 is 48.1 Å². The molecule has 0 aliphatic heterocycles. The molecule has 0 saturated heterocycles. The van der Waals surface area contributed by atoms with Crippen LogP contribution in [-0.4, -0.2) is 64.6 Å². The minimum absolute atomic E-state index is 0.0386. The molecule has 17 heteroatoms. The first-order valence-corrected chi connectivity index (χ1v) is 17.6. The Labute approximate surface area is 307 Å². The molecule has 0 amide bonds. The predicted molar refractivity (Wildman–Crippen MR) is 186 cm³/mol. The number of likely N-dealkylation sites (N-methyl/N-ethyl adjacent to an activating group) is 1. The van der Waals surface area contributed by atoms with Crippen LogP contribution in [0.4, 0.5) is 14.5 Å². The van der Waals surface area contributed by atoms with Gasteiger partial charge in [-0.2, -0.15) is 13.5 Å². The monoisotopic (exact) mass is 773 g/mol. The van der Waals surface area contributed by atoms with Crippen LogP contribution in [0.2, 0.25) is 10.0 Å². The highest BCUT2D eigenvalue weighted by Gasteiger charge is 2.27. The summed E-state index contributed by atoms with van der Waals surface area (Å²) in [5.74, 6) is -1.13. The van der Waals surface area contributed by atoms with Gasteiger partial charge in [0.2, 0.25) is 0 Å². The van der Waals surface area contributed by atoms with Crippen molar-refractivity contribution in [1.82, 2.24) is 4.90 Å². The Bertz CT molecular complexity index is 1690. The number of rotatable bonds is 17. The first-order valence-electron chi connectivity index (χ1n) is 15.8. The van der Waals surface area contributed by atoms with Crippen LogP contribution in [0.3, 0.4) is 0 Å². The first-order chi connectivity index (χ1) is 24.0. The number of hydrogen-bond donors (Lipinski definition) is 1. The molecule has 0 spiro atoms. The van der Waals surface area contributed by atoms with E-state index in [-0.39, 0.29) is 41.1 Å².